The summed E-state index contributed by atoms with van der Waals surface area (Å²) < 4.78 is 0. The molecule has 0 aromatic heterocycles. The molecule has 2 aliphatic heterocycles. The van der Waals surface area contributed by atoms with Gasteiger partial charge >= 0.3 is 0 Å². The van der Waals surface area contributed by atoms with Gasteiger partial charge in [-0.2, -0.15) is 0 Å². The van der Waals surface area contributed by atoms with E-state index in [1.165, 1.54) is 19.4 Å². The molecule has 2 heterocycles. The first-order chi connectivity index (χ1) is 8.57. The number of rotatable bonds is 3. The van der Waals surface area contributed by atoms with Crippen LogP contribution in [0, 0.1) is 5.92 Å². The van der Waals surface area contributed by atoms with Gasteiger partial charge in [0.05, 0.1) is 5.54 Å². The van der Waals surface area contributed by atoms with E-state index in [1.807, 2.05) is 6.92 Å². The van der Waals surface area contributed by atoms with Crippen LogP contribution in [0.1, 0.15) is 45.4 Å². The molecule has 1 amide bonds. The average molecular weight is 251 g/mol. The van der Waals surface area contributed by atoms with Crippen LogP contribution < -0.4 is 11.1 Å². The lowest BCUT2D eigenvalue weighted by Gasteiger charge is -2.36. The lowest BCUT2D eigenvalue weighted by Crippen LogP contribution is -2.57. The molecule has 0 aromatic rings. The van der Waals surface area contributed by atoms with Crippen molar-refractivity contribution in [1.82, 2.24) is 10.2 Å². The second-order valence-electron chi connectivity index (χ2n) is 6.58. The Morgan fingerprint density at radius 3 is 2.78 bits per heavy atom. The molecule has 0 spiro atoms. The Labute approximate surface area is 109 Å². The fourth-order valence-electron chi connectivity index (χ4n) is 3.56. The maximum Gasteiger partial charge on any atom is 0.240 e. The van der Waals surface area contributed by atoms with Crippen LogP contribution in [0.2, 0.25) is 0 Å². The van der Waals surface area contributed by atoms with Gasteiger partial charge in [-0.1, -0.05) is 0 Å². The predicted molar refractivity (Wildman–Crippen MR) is 71.1 cm³/mol. The normalized spacial score (nSPS) is 35.9. The number of carbonyl (C=O) groups excluding carboxylic acids is 1. The predicted octanol–water partition coefficient (Wildman–Crippen LogP) is 0.857. The third-order valence-electron chi connectivity index (χ3n) is 5.07. The summed E-state index contributed by atoms with van der Waals surface area (Å²) in [5.74, 6) is 0.477. The van der Waals surface area contributed by atoms with Crippen LogP contribution in [-0.2, 0) is 4.79 Å². The molecule has 4 heteroatoms. The maximum absolute atomic E-state index is 12.3. The molecular weight excluding hydrogens is 226 g/mol. The standard InChI is InChI=1S/C14H25N3O/c1-14(15,10-4-5-10)13(18)16-11-6-8-17-7-2-3-12(17)9-11/h10-12H,2-9,15H2,1H3,(H,16,18). The van der Waals surface area contributed by atoms with Gasteiger partial charge in [-0.15, -0.1) is 0 Å². The van der Waals surface area contributed by atoms with Gasteiger partial charge in [-0.05, 0) is 57.9 Å². The number of carbonyl (C=O) groups is 1. The second-order valence-corrected chi connectivity index (χ2v) is 6.58. The van der Waals surface area contributed by atoms with Crippen LogP contribution in [0.5, 0.6) is 0 Å². The zero-order valence-corrected chi connectivity index (χ0v) is 11.3. The van der Waals surface area contributed by atoms with Gasteiger partial charge in [0.2, 0.25) is 5.91 Å². The first-order valence-corrected chi connectivity index (χ1v) is 7.41. The molecular formula is C14H25N3O. The van der Waals surface area contributed by atoms with Crippen LogP contribution in [0.15, 0.2) is 0 Å². The van der Waals surface area contributed by atoms with Crippen molar-refractivity contribution >= 4 is 5.91 Å². The van der Waals surface area contributed by atoms with Crippen molar-refractivity contribution in [3.8, 4) is 0 Å². The SMILES string of the molecule is CC(N)(C(=O)NC1CCN2CCCC2C1)C1CC1. The molecule has 1 aliphatic carbocycles. The van der Waals surface area contributed by atoms with Gasteiger partial charge in [0.1, 0.15) is 0 Å². The number of nitrogens with zero attached hydrogens (tertiary/aromatic N) is 1. The van der Waals surface area contributed by atoms with E-state index >= 15 is 0 Å². The monoisotopic (exact) mass is 251 g/mol. The van der Waals surface area contributed by atoms with Gasteiger partial charge < -0.3 is 16.0 Å². The number of fused-ring (bicyclic) bond motifs is 1. The smallest absolute Gasteiger partial charge is 0.240 e. The van der Waals surface area contributed by atoms with Crippen molar-refractivity contribution in [2.24, 2.45) is 11.7 Å². The Morgan fingerprint density at radius 2 is 2.06 bits per heavy atom. The molecule has 0 aromatic carbocycles. The summed E-state index contributed by atoms with van der Waals surface area (Å²) in [5, 5.41) is 3.20. The lowest BCUT2D eigenvalue weighted by molar-refractivity contribution is -0.127. The first-order valence-electron chi connectivity index (χ1n) is 7.41. The molecule has 3 fully saturated rings. The number of hydrogen-bond acceptors (Lipinski definition) is 3. The summed E-state index contributed by atoms with van der Waals surface area (Å²) in [4.78, 5) is 14.8. The largest absolute Gasteiger partial charge is 0.352 e. The Kier molecular flexibility index (Phi) is 3.10. The third kappa shape index (κ3) is 2.28. The molecule has 3 atom stereocenters. The fraction of sp³-hybridized carbons (Fsp3) is 0.929. The molecule has 18 heavy (non-hydrogen) atoms. The van der Waals surface area contributed by atoms with Crippen molar-refractivity contribution in [2.75, 3.05) is 13.1 Å². The topological polar surface area (TPSA) is 58.4 Å². The van der Waals surface area contributed by atoms with Gasteiger partial charge in [0.25, 0.3) is 0 Å². The minimum atomic E-state index is -0.646. The van der Waals surface area contributed by atoms with E-state index in [4.69, 9.17) is 5.73 Å². The molecule has 1 saturated carbocycles. The average Bonchev–Trinajstić information content (AvgIpc) is 3.09. The Morgan fingerprint density at radius 1 is 1.28 bits per heavy atom. The van der Waals surface area contributed by atoms with Crippen molar-refractivity contribution in [2.45, 2.75) is 63.1 Å². The first kappa shape index (κ1) is 12.4. The maximum atomic E-state index is 12.3. The highest BCUT2D eigenvalue weighted by Crippen LogP contribution is 2.38. The van der Waals surface area contributed by atoms with E-state index in [2.05, 4.69) is 10.2 Å². The second kappa shape index (κ2) is 4.49. The minimum Gasteiger partial charge on any atom is -0.352 e. The van der Waals surface area contributed by atoms with Crippen LogP contribution >= 0.6 is 0 Å². The van der Waals surface area contributed by atoms with Gasteiger partial charge in [-0.25, -0.2) is 0 Å². The summed E-state index contributed by atoms with van der Waals surface area (Å²) in [6.07, 6.45) is 7.05. The molecule has 102 valence electrons. The van der Waals surface area contributed by atoms with E-state index in [1.54, 1.807) is 0 Å². The third-order valence-corrected chi connectivity index (χ3v) is 5.07. The molecule has 2 saturated heterocycles. The molecule has 3 unspecified atom stereocenters. The number of nitrogens with one attached hydrogen (secondary N) is 1. The Balaban J connectivity index is 1.55. The molecule has 3 N–H and O–H groups in total. The highest BCUT2D eigenvalue weighted by atomic mass is 16.2. The van der Waals surface area contributed by atoms with Crippen molar-refractivity contribution in [3.05, 3.63) is 0 Å². The van der Waals surface area contributed by atoms with E-state index in [-0.39, 0.29) is 5.91 Å². The molecule has 0 bridgehead atoms. The van der Waals surface area contributed by atoms with Crippen LogP contribution in [0.3, 0.4) is 0 Å². The van der Waals surface area contributed by atoms with Gasteiger partial charge in [0.15, 0.2) is 0 Å². The van der Waals surface area contributed by atoms with Crippen LogP contribution in [0.25, 0.3) is 0 Å². The minimum absolute atomic E-state index is 0.0708. The Hall–Kier alpha value is -0.610. The number of hydrogen-bond donors (Lipinski definition) is 2. The number of nitrogens with two attached hydrogens (primary N) is 1. The molecule has 0 radical (unpaired) electrons. The Bertz CT molecular complexity index is 338. The van der Waals surface area contributed by atoms with E-state index in [0.717, 1.165) is 32.2 Å². The highest BCUT2D eigenvalue weighted by Gasteiger charge is 2.45. The fourth-order valence-corrected chi connectivity index (χ4v) is 3.56. The number of amides is 1. The van der Waals surface area contributed by atoms with Crippen LogP contribution in [0.4, 0.5) is 0 Å². The summed E-state index contributed by atoms with van der Waals surface area (Å²) in [6.45, 7) is 4.28. The lowest BCUT2D eigenvalue weighted by atomic mass is 9.93. The van der Waals surface area contributed by atoms with Crippen molar-refractivity contribution < 1.29 is 4.79 Å². The van der Waals surface area contributed by atoms with Gasteiger partial charge in [-0.3, -0.25) is 4.79 Å². The van der Waals surface area contributed by atoms with E-state index < -0.39 is 5.54 Å². The zero-order chi connectivity index (χ0) is 12.8. The van der Waals surface area contributed by atoms with E-state index in [0.29, 0.717) is 18.0 Å². The molecule has 3 aliphatic rings. The molecule has 4 nitrogen and oxygen atoms in total. The van der Waals surface area contributed by atoms with Crippen molar-refractivity contribution in [3.63, 3.8) is 0 Å². The number of piperidine rings is 1. The summed E-state index contributed by atoms with van der Waals surface area (Å²) in [6, 6.07) is 1.05. The zero-order valence-electron chi connectivity index (χ0n) is 11.3. The summed E-state index contributed by atoms with van der Waals surface area (Å²) >= 11 is 0. The molecule has 3 rings (SSSR count). The van der Waals surface area contributed by atoms with Crippen molar-refractivity contribution in [1.29, 1.82) is 0 Å². The van der Waals surface area contributed by atoms with E-state index in [9.17, 15) is 4.79 Å². The summed E-state index contributed by atoms with van der Waals surface area (Å²) in [5.41, 5.74) is 5.52. The van der Waals surface area contributed by atoms with Crippen LogP contribution in [-0.4, -0.2) is 41.5 Å². The highest BCUT2D eigenvalue weighted by molar-refractivity contribution is 5.86. The quantitative estimate of drug-likeness (QED) is 0.782. The van der Waals surface area contributed by atoms with Gasteiger partial charge in [0, 0.05) is 18.6 Å². The summed E-state index contributed by atoms with van der Waals surface area (Å²) in [7, 11) is 0.